The topological polar surface area (TPSA) is 72.1 Å². The summed E-state index contributed by atoms with van der Waals surface area (Å²) in [6.07, 6.45) is 6.54. The number of benzene rings is 2. The lowest BCUT2D eigenvalue weighted by atomic mass is 9.91. The highest BCUT2D eigenvalue weighted by molar-refractivity contribution is 7.99. The number of fused-ring (bicyclic) bond motifs is 1. The van der Waals surface area contributed by atoms with Gasteiger partial charge in [-0.1, -0.05) is 36.0 Å². The monoisotopic (exact) mass is 489 g/mol. The smallest absolute Gasteiger partial charge is 0.256 e. The zero-order valence-corrected chi connectivity index (χ0v) is 21.1. The average molecular weight is 490 g/mol. The molecule has 182 valence electrons. The zero-order chi connectivity index (χ0) is 24.2. The number of likely N-dealkylation sites (N-methyl/N-ethyl adjacent to an activating group) is 1. The maximum atomic E-state index is 13.7. The van der Waals surface area contributed by atoms with E-state index in [0.29, 0.717) is 17.8 Å². The molecule has 5 rings (SSSR count). The van der Waals surface area contributed by atoms with Crippen molar-refractivity contribution in [3.8, 4) is 5.69 Å². The average Bonchev–Trinajstić information content (AvgIpc) is 3.48. The van der Waals surface area contributed by atoms with Crippen LogP contribution in [0.3, 0.4) is 0 Å². The summed E-state index contributed by atoms with van der Waals surface area (Å²) in [5, 5.41) is 9.50. The molecule has 0 spiro atoms. The van der Waals surface area contributed by atoms with E-state index in [1.807, 2.05) is 35.2 Å². The van der Waals surface area contributed by atoms with Crippen LogP contribution in [0.25, 0.3) is 16.7 Å². The van der Waals surface area contributed by atoms with E-state index in [9.17, 15) is 4.79 Å². The van der Waals surface area contributed by atoms with Crippen molar-refractivity contribution in [2.75, 3.05) is 32.9 Å². The van der Waals surface area contributed by atoms with E-state index < -0.39 is 0 Å². The number of imidazole rings is 1. The molecule has 0 radical (unpaired) electrons. The van der Waals surface area contributed by atoms with E-state index in [1.165, 1.54) is 11.2 Å². The van der Waals surface area contributed by atoms with E-state index in [0.717, 1.165) is 47.9 Å². The van der Waals surface area contributed by atoms with Gasteiger partial charge >= 0.3 is 0 Å². The van der Waals surface area contributed by atoms with Crippen LogP contribution in [0.5, 0.6) is 0 Å². The Bertz CT molecular complexity index is 1280. The van der Waals surface area contributed by atoms with Crippen LogP contribution in [0, 0.1) is 0 Å². The Hall–Kier alpha value is -3.17. The summed E-state index contributed by atoms with van der Waals surface area (Å²) < 4.78 is 2.30. The van der Waals surface area contributed by atoms with Gasteiger partial charge in [-0.3, -0.25) is 4.79 Å². The molecule has 2 heterocycles. The number of thioether (sulfide) groups is 1. The first-order valence-corrected chi connectivity index (χ1v) is 13.1. The van der Waals surface area contributed by atoms with E-state index in [4.69, 9.17) is 4.98 Å². The fourth-order valence-corrected chi connectivity index (χ4v) is 5.37. The van der Waals surface area contributed by atoms with Crippen LogP contribution < -0.4 is 0 Å². The fourth-order valence-electron chi connectivity index (χ4n) is 4.39. The van der Waals surface area contributed by atoms with Gasteiger partial charge in [-0.15, -0.1) is 0 Å². The number of carbonyl (C=O) groups excluding carboxylic acids is 1. The van der Waals surface area contributed by atoms with Gasteiger partial charge in [0.15, 0.2) is 5.16 Å². The van der Waals surface area contributed by atoms with Crippen molar-refractivity contribution >= 4 is 28.7 Å². The standard InChI is InChI=1S/C26H31N7OS/c1-30(2)16-17-32-24-13-6-4-11-22(24)29-26(32)35-19-18-31(20-8-7-9-20)25(34)21-10-3-5-12-23(21)33-27-14-15-28-33/h3-6,10-15,20H,7-9,16-19H2,1-2H3. The van der Waals surface area contributed by atoms with Crippen molar-refractivity contribution in [2.45, 2.75) is 37.0 Å². The fraction of sp³-hybridized carbons (Fsp3) is 0.385. The van der Waals surface area contributed by atoms with E-state index in [1.54, 1.807) is 24.2 Å². The minimum atomic E-state index is 0.0457. The third kappa shape index (κ3) is 5.11. The summed E-state index contributed by atoms with van der Waals surface area (Å²) in [4.78, 5) is 24.4. The first-order chi connectivity index (χ1) is 17.1. The number of rotatable bonds is 10. The lowest BCUT2D eigenvalue weighted by molar-refractivity contribution is 0.0598. The summed E-state index contributed by atoms with van der Waals surface area (Å²) in [5.41, 5.74) is 3.52. The minimum absolute atomic E-state index is 0.0457. The molecule has 0 unspecified atom stereocenters. The van der Waals surface area contributed by atoms with Gasteiger partial charge in [0.05, 0.1) is 34.7 Å². The molecule has 1 aliphatic rings. The molecule has 9 heteroatoms. The van der Waals surface area contributed by atoms with Gasteiger partial charge in [-0.25, -0.2) is 4.98 Å². The van der Waals surface area contributed by atoms with Gasteiger partial charge in [-0.05, 0) is 57.6 Å². The van der Waals surface area contributed by atoms with Gasteiger partial charge < -0.3 is 14.4 Å². The highest BCUT2D eigenvalue weighted by Crippen LogP contribution is 2.29. The third-order valence-electron chi connectivity index (χ3n) is 6.50. The number of carbonyl (C=O) groups is 1. The van der Waals surface area contributed by atoms with Gasteiger partial charge in [0.25, 0.3) is 5.91 Å². The van der Waals surface area contributed by atoms with Crippen LogP contribution in [0.15, 0.2) is 66.1 Å². The van der Waals surface area contributed by atoms with Crippen molar-refractivity contribution in [2.24, 2.45) is 0 Å². The second-order valence-electron chi connectivity index (χ2n) is 9.11. The predicted molar refractivity (Wildman–Crippen MR) is 139 cm³/mol. The van der Waals surface area contributed by atoms with Crippen LogP contribution in [0.4, 0.5) is 0 Å². The number of nitrogens with zero attached hydrogens (tertiary/aromatic N) is 7. The number of amides is 1. The maximum Gasteiger partial charge on any atom is 0.256 e. The zero-order valence-electron chi connectivity index (χ0n) is 20.2. The number of aromatic nitrogens is 5. The summed E-state index contributed by atoms with van der Waals surface area (Å²) in [7, 11) is 4.18. The summed E-state index contributed by atoms with van der Waals surface area (Å²) in [6, 6.07) is 16.2. The van der Waals surface area contributed by atoms with Crippen LogP contribution in [-0.2, 0) is 6.54 Å². The predicted octanol–water partition coefficient (Wildman–Crippen LogP) is 3.97. The van der Waals surface area contributed by atoms with Crippen molar-refractivity contribution < 1.29 is 4.79 Å². The van der Waals surface area contributed by atoms with Crippen molar-refractivity contribution in [1.29, 1.82) is 0 Å². The Morgan fingerprint density at radius 2 is 1.77 bits per heavy atom. The van der Waals surface area contributed by atoms with Crippen LogP contribution in [0.2, 0.25) is 0 Å². The van der Waals surface area contributed by atoms with E-state index in [-0.39, 0.29) is 11.9 Å². The highest BCUT2D eigenvalue weighted by atomic mass is 32.2. The van der Waals surface area contributed by atoms with Gasteiger partial charge in [0, 0.05) is 31.4 Å². The molecule has 2 aromatic carbocycles. The molecule has 1 amide bonds. The van der Waals surface area contributed by atoms with Gasteiger partial charge in [0.2, 0.25) is 0 Å². The number of hydrogen-bond acceptors (Lipinski definition) is 6. The lowest BCUT2D eigenvalue weighted by Crippen LogP contribution is -2.45. The molecule has 0 saturated heterocycles. The summed E-state index contributed by atoms with van der Waals surface area (Å²) in [6.45, 7) is 2.50. The van der Waals surface area contributed by atoms with Gasteiger partial charge in [-0.2, -0.15) is 15.0 Å². The molecule has 1 saturated carbocycles. The normalized spacial score (nSPS) is 13.9. The van der Waals surface area contributed by atoms with E-state index >= 15 is 0 Å². The molecule has 0 bridgehead atoms. The van der Waals surface area contributed by atoms with Crippen LogP contribution >= 0.6 is 11.8 Å². The quantitative estimate of drug-likeness (QED) is 0.314. The van der Waals surface area contributed by atoms with E-state index in [2.05, 4.69) is 52.0 Å². The maximum absolute atomic E-state index is 13.7. The van der Waals surface area contributed by atoms with Crippen LogP contribution in [0.1, 0.15) is 29.6 Å². The molecule has 2 aromatic heterocycles. The summed E-state index contributed by atoms with van der Waals surface area (Å²) >= 11 is 1.73. The molecular weight excluding hydrogens is 458 g/mol. The third-order valence-corrected chi connectivity index (χ3v) is 7.46. The van der Waals surface area contributed by atoms with Crippen molar-refractivity contribution in [1.82, 2.24) is 34.3 Å². The second-order valence-corrected chi connectivity index (χ2v) is 10.2. The molecule has 1 aliphatic carbocycles. The molecule has 0 atom stereocenters. The first-order valence-electron chi connectivity index (χ1n) is 12.1. The molecular formula is C26H31N7OS. The first kappa shape index (κ1) is 23.6. The molecule has 0 aliphatic heterocycles. The lowest BCUT2D eigenvalue weighted by Gasteiger charge is -2.38. The molecule has 1 fully saturated rings. The SMILES string of the molecule is CN(C)CCn1c(SCCN(C(=O)c2ccccc2-n2nccn2)C2CCC2)nc2ccccc21. The Labute approximate surface area is 209 Å². The minimum Gasteiger partial charge on any atom is -0.335 e. The Kier molecular flexibility index (Phi) is 7.15. The molecule has 0 N–H and O–H groups in total. The Morgan fingerprint density at radius 1 is 1.03 bits per heavy atom. The van der Waals surface area contributed by atoms with Crippen molar-refractivity contribution in [3.05, 3.63) is 66.5 Å². The van der Waals surface area contributed by atoms with Crippen molar-refractivity contribution in [3.63, 3.8) is 0 Å². The highest BCUT2D eigenvalue weighted by Gasteiger charge is 2.30. The summed E-state index contributed by atoms with van der Waals surface area (Å²) in [5.74, 6) is 0.833. The van der Waals surface area contributed by atoms with Crippen LogP contribution in [-0.4, -0.2) is 79.2 Å². The Morgan fingerprint density at radius 3 is 2.51 bits per heavy atom. The largest absolute Gasteiger partial charge is 0.335 e. The van der Waals surface area contributed by atoms with Gasteiger partial charge in [0.1, 0.15) is 0 Å². The molecule has 4 aromatic rings. The molecule has 8 nitrogen and oxygen atoms in total. The second kappa shape index (κ2) is 10.6. The molecule has 35 heavy (non-hydrogen) atoms. The number of hydrogen-bond donors (Lipinski definition) is 0. The Balaban J connectivity index is 1.34. The number of para-hydroxylation sites is 3.